The van der Waals surface area contributed by atoms with Gasteiger partial charge in [-0.1, -0.05) is 18.6 Å². The van der Waals surface area contributed by atoms with E-state index in [1.807, 2.05) is 12.1 Å². The number of rotatable bonds is 3. The molecule has 2 heterocycles. The number of methoxy groups -OCH3 is 1. The van der Waals surface area contributed by atoms with E-state index in [1.54, 1.807) is 19.2 Å². The van der Waals surface area contributed by atoms with Crippen LogP contribution >= 0.6 is 0 Å². The van der Waals surface area contributed by atoms with Crippen molar-refractivity contribution in [3.63, 3.8) is 0 Å². The fourth-order valence-electron chi connectivity index (χ4n) is 3.69. The maximum atomic E-state index is 12.7. The van der Waals surface area contributed by atoms with Crippen LogP contribution in [0.25, 0.3) is 0 Å². The first-order valence-electron chi connectivity index (χ1n) is 7.44. The van der Waals surface area contributed by atoms with Gasteiger partial charge in [0.05, 0.1) is 23.2 Å². The highest BCUT2D eigenvalue weighted by Gasteiger charge is 2.46. The van der Waals surface area contributed by atoms with Crippen LogP contribution in [0.4, 0.5) is 0 Å². The molecule has 2 saturated heterocycles. The summed E-state index contributed by atoms with van der Waals surface area (Å²) in [5, 5.41) is -0.651. The van der Waals surface area contributed by atoms with Gasteiger partial charge in [0, 0.05) is 5.92 Å². The van der Waals surface area contributed by atoms with Gasteiger partial charge in [-0.2, -0.15) is 0 Å². The maximum absolute atomic E-state index is 12.7. The molecule has 0 aromatic heterocycles. The molecule has 2 atom stereocenters. The number of Topliss-reactive ketones (excluding diaryl/α,β-unsaturated/α-hetero) is 1. The number of fused-ring (bicyclic) bond motifs is 2. The molecule has 0 amide bonds. The lowest BCUT2D eigenvalue weighted by Gasteiger charge is -2.38. The summed E-state index contributed by atoms with van der Waals surface area (Å²) in [6.07, 6.45) is 3.30. The van der Waals surface area contributed by atoms with E-state index in [-0.39, 0.29) is 22.2 Å². The third kappa shape index (κ3) is 2.48. The number of benzene rings is 1. The summed E-state index contributed by atoms with van der Waals surface area (Å²) in [6.45, 7) is 0. The van der Waals surface area contributed by atoms with Crippen LogP contribution in [-0.2, 0) is 9.84 Å². The summed E-state index contributed by atoms with van der Waals surface area (Å²) < 4.78 is 29.8. The van der Waals surface area contributed by atoms with E-state index in [1.165, 1.54) is 0 Å². The van der Waals surface area contributed by atoms with E-state index < -0.39 is 9.84 Å². The Hall–Kier alpha value is -1.36. The molecule has 0 saturated carbocycles. The molecule has 5 heteroatoms. The maximum Gasteiger partial charge on any atom is 0.169 e. The Labute approximate surface area is 125 Å². The van der Waals surface area contributed by atoms with Gasteiger partial charge < -0.3 is 4.74 Å². The quantitative estimate of drug-likeness (QED) is 0.805. The molecule has 21 heavy (non-hydrogen) atoms. The normalized spacial score (nSPS) is 30.6. The second-order valence-electron chi connectivity index (χ2n) is 6.00. The molecule has 2 aliphatic heterocycles. The zero-order valence-corrected chi connectivity index (χ0v) is 12.9. The number of ether oxygens (including phenoxy) is 1. The SMILES string of the molecule is COc1ccccc1C(=O)C1CC2CCCC(C1)S2(=O)=O. The largest absolute Gasteiger partial charge is 0.496 e. The predicted octanol–water partition coefficient (Wildman–Crippen LogP) is 2.62. The molecular weight excluding hydrogens is 288 g/mol. The standard InChI is InChI=1S/C16H20O4S/c1-20-15-8-3-2-7-14(15)16(17)11-9-12-5-4-6-13(10-11)21(12,18)19/h2-3,7-8,11-13H,4-6,9-10H2,1H3. The van der Waals surface area contributed by atoms with Gasteiger partial charge in [-0.15, -0.1) is 0 Å². The van der Waals surface area contributed by atoms with Crippen molar-refractivity contribution < 1.29 is 17.9 Å². The van der Waals surface area contributed by atoms with Crippen molar-refractivity contribution in [3.05, 3.63) is 29.8 Å². The Kier molecular flexibility index (Phi) is 3.78. The van der Waals surface area contributed by atoms with E-state index in [4.69, 9.17) is 4.74 Å². The van der Waals surface area contributed by atoms with Crippen LogP contribution in [0, 0.1) is 5.92 Å². The molecule has 2 fully saturated rings. The highest BCUT2D eigenvalue weighted by molar-refractivity contribution is 7.92. The smallest absolute Gasteiger partial charge is 0.169 e. The summed E-state index contributed by atoms with van der Waals surface area (Å²) in [5.41, 5.74) is 0.572. The van der Waals surface area contributed by atoms with Gasteiger partial charge in [-0.3, -0.25) is 4.79 Å². The minimum absolute atomic E-state index is 0.0271. The molecule has 2 unspecified atom stereocenters. The van der Waals surface area contributed by atoms with Gasteiger partial charge in [0.15, 0.2) is 15.6 Å². The summed E-state index contributed by atoms with van der Waals surface area (Å²) >= 11 is 0. The van der Waals surface area contributed by atoms with Crippen LogP contribution in [0.15, 0.2) is 24.3 Å². The molecule has 2 bridgehead atoms. The lowest BCUT2D eigenvalue weighted by Crippen LogP contribution is -2.45. The second-order valence-corrected chi connectivity index (χ2v) is 8.51. The van der Waals surface area contributed by atoms with Gasteiger partial charge in [0.1, 0.15) is 5.75 Å². The van der Waals surface area contributed by atoms with Crippen molar-refractivity contribution in [1.29, 1.82) is 0 Å². The molecule has 1 aromatic carbocycles. The van der Waals surface area contributed by atoms with Gasteiger partial charge >= 0.3 is 0 Å². The summed E-state index contributed by atoms with van der Waals surface area (Å²) in [7, 11) is -1.47. The van der Waals surface area contributed by atoms with Crippen molar-refractivity contribution in [2.75, 3.05) is 7.11 Å². The minimum atomic E-state index is -3.01. The first-order valence-corrected chi connectivity index (χ1v) is 9.05. The van der Waals surface area contributed by atoms with Crippen molar-refractivity contribution >= 4 is 15.6 Å². The minimum Gasteiger partial charge on any atom is -0.496 e. The van der Waals surface area contributed by atoms with Crippen LogP contribution in [-0.4, -0.2) is 31.8 Å². The van der Waals surface area contributed by atoms with E-state index in [0.29, 0.717) is 37.0 Å². The summed E-state index contributed by atoms with van der Waals surface area (Å²) in [6, 6.07) is 7.18. The van der Waals surface area contributed by atoms with Gasteiger partial charge in [-0.25, -0.2) is 8.42 Å². The number of para-hydroxylation sites is 1. The topological polar surface area (TPSA) is 60.4 Å². The zero-order valence-electron chi connectivity index (χ0n) is 12.1. The molecule has 0 N–H and O–H groups in total. The molecule has 3 rings (SSSR count). The molecule has 1 aromatic rings. The first kappa shape index (κ1) is 14.6. The number of hydrogen-bond donors (Lipinski definition) is 0. The molecule has 0 aliphatic carbocycles. The molecule has 2 aliphatic rings. The van der Waals surface area contributed by atoms with Crippen LogP contribution in [0.2, 0.25) is 0 Å². The van der Waals surface area contributed by atoms with Crippen molar-refractivity contribution in [2.24, 2.45) is 5.92 Å². The Balaban J connectivity index is 1.87. The third-order valence-corrected chi connectivity index (χ3v) is 7.53. The zero-order chi connectivity index (χ0) is 15.0. The van der Waals surface area contributed by atoms with Crippen molar-refractivity contribution in [2.45, 2.75) is 42.6 Å². The van der Waals surface area contributed by atoms with Gasteiger partial charge in [0.2, 0.25) is 0 Å². The van der Waals surface area contributed by atoms with E-state index in [0.717, 1.165) is 6.42 Å². The van der Waals surface area contributed by atoms with E-state index in [9.17, 15) is 13.2 Å². The average Bonchev–Trinajstić information content (AvgIpc) is 2.45. The number of carbonyl (C=O) groups excluding carboxylic acids is 1. The Morgan fingerprint density at radius 1 is 1.14 bits per heavy atom. The van der Waals surface area contributed by atoms with Gasteiger partial charge in [0.25, 0.3) is 0 Å². The third-order valence-electron chi connectivity index (χ3n) is 4.82. The average molecular weight is 308 g/mol. The van der Waals surface area contributed by atoms with E-state index >= 15 is 0 Å². The lowest BCUT2D eigenvalue weighted by atomic mass is 9.84. The summed E-state index contributed by atoms with van der Waals surface area (Å²) in [4.78, 5) is 12.7. The fourth-order valence-corrected chi connectivity index (χ4v) is 6.23. The van der Waals surface area contributed by atoms with Gasteiger partial charge in [-0.05, 0) is 37.8 Å². The predicted molar refractivity (Wildman–Crippen MR) is 80.4 cm³/mol. The molecule has 4 nitrogen and oxygen atoms in total. The molecular formula is C16H20O4S. The second kappa shape index (κ2) is 5.44. The number of ketones is 1. The summed E-state index contributed by atoms with van der Waals surface area (Å²) in [5.74, 6) is 0.403. The Morgan fingerprint density at radius 2 is 1.76 bits per heavy atom. The Bertz CT molecular complexity index is 630. The van der Waals surface area contributed by atoms with Crippen LogP contribution in [0.1, 0.15) is 42.5 Å². The highest BCUT2D eigenvalue weighted by Crippen LogP contribution is 2.41. The molecule has 114 valence electrons. The lowest BCUT2D eigenvalue weighted by molar-refractivity contribution is 0.0891. The highest BCUT2D eigenvalue weighted by atomic mass is 32.2. The molecule has 0 radical (unpaired) electrons. The number of carbonyl (C=O) groups is 1. The van der Waals surface area contributed by atoms with Crippen LogP contribution in [0.5, 0.6) is 5.75 Å². The Morgan fingerprint density at radius 3 is 2.38 bits per heavy atom. The van der Waals surface area contributed by atoms with Crippen LogP contribution in [0.3, 0.4) is 0 Å². The monoisotopic (exact) mass is 308 g/mol. The number of sulfone groups is 1. The van der Waals surface area contributed by atoms with Crippen LogP contribution < -0.4 is 4.74 Å². The number of hydrogen-bond acceptors (Lipinski definition) is 4. The van der Waals surface area contributed by atoms with Crippen molar-refractivity contribution in [1.82, 2.24) is 0 Å². The first-order chi connectivity index (χ1) is 10.0. The molecule has 0 spiro atoms. The van der Waals surface area contributed by atoms with Crippen molar-refractivity contribution in [3.8, 4) is 5.75 Å². The fraction of sp³-hybridized carbons (Fsp3) is 0.562. The van der Waals surface area contributed by atoms with E-state index in [2.05, 4.69) is 0 Å².